The number of hydrogen-bond acceptors (Lipinski definition) is 3. The highest BCUT2D eigenvalue weighted by atomic mass is 32.2. The Kier molecular flexibility index (Phi) is 5.73. The number of hydrogen-bond donors (Lipinski definition) is 2. The van der Waals surface area contributed by atoms with Gasteiger partial charge in [0.15, 0.2) is 0 Å². The molecule has 0 radical (unpaired) electrons. The number of carbonyl (C=O) groups is 1. The van der Waals surface area contributed by atoms with E-state index < -0.39 is 16.0 Å². The highest BCUT2D eigenvalue weighted by Crippen LogP contribution is 2.22. The van der Waals surface area contributed by atoms with Crippen LogP contribution < -0.4 is 4.72 Å². The third-order valence-corrected chi connectivity index (χ3v) is 6.49. The number of anilines is 1. The molecule has 0 unspecified atom stereocenters. The molecule has 0 aliphatic rings. The molecule has 0 fully saturated rings. The molecule has 0 bridgehead atoms. The fourth-order valence-electron chi connectivity index (χ4n) is 3.44. The molecule has 0 saturated carbocycles. The minimum atomic E-state index is -3.69. The summed E-state index contributed by atoms with van der Waals surface area (Å²) in [5, 5.41) is 11.0. The predicted molar refractivity (Wildman–Crippen MR) is 122 cm³/mol. The molecule has 0 saturated heterocycles. The molecule has 0 aliphatic heterocycles. The molecule has 4 aromatic rings. The normalized spacial score (nSPS) is 11.4. The zero-order valence-corrected chi connectivity index (χ0v) is 17.5. The van der Waals surface area contributed by atoms with Gasteiger partial charge in [0.1, 0.15) is 0 Å². The van der Waals surface area contributed by atoms with Gasteiger partial charge < -0.3 is 5.11 Å². The molecule has 0 aliphatic carbocycles. The molecule has 31 heavy (non-hydrogen) atoms. The minimum absolute atomic E-state index is 0.216. The van der Waals surface area contributed by atoms with Gasteiger partial charge in [-0.3, -0.25) is 4.72 Å². The molecule has 0 spiro atoms. The van der Waals surface area contributed by atoms with Crippen LogP contribution in [0, 0.1) is 0 Å². The maximum atomic E-state index is 12.8. The molecule has 5 nitrogen and oxygen atoms in total. The number of fused-ring (bicyclic) bond motifs is 1. The number of sulfonamides is 1. The van der Waals surface area contributed by atoms with Crippen molar-refractivity contribution < 1.29 is 18.3 Å². The molecule has 0 amide bonds. The van der Waals surface area contributed by atoms with E-state index in [1.807, 2.05) is 42.5 Å². The highest BCUT2D eigenvalue weighted by molar-refractivity contribution is 7.92. The summed E-state index contributed by atoms with van der Waals surface area (Å²) >= 11 is 0. The number of carboxylic acid groups (broad SMARTS) is 1. The second-order valence-corrected chi connectivity index (χ2v) is 9.00. The number of carboxylic acids is 1. The van der Waals surface area contributed by atoms with Crippen molar-refractivity contribution in [1.82, 2.24) is 0 Å². The van der Waals surface area contributed by atoms with Crippen LogP contribution in [0.25, 0.3) is 10.8 Å². The number of rotatable bonds is 7. The van der Waals surface area contributed by atoms with Gasteiger partial charge in [-0.25, -0.2) is 13.2 Å². The summed E-state index contributed by atoms with van der Waals surface area (Å²) in [7, 11) is -3.69. The molecule has 0 aromatic heterocycles. The minimum Gasteiger partial charge on any atom is -0.478 e. The van der Waals surface area contributed by atoms with Gasteiger partial charge in [-0.1, -0.05) is 54.6 Å². The third-order valence-electron chi connectivity index (χ3n) is 5.11. The van der Waals surface area contributed by atoms with Gasteiger partial charge in [0.25, 0.3) is 10.0 Å². The van der Waals surface area contributed by atoms with E-state index in [4.69, 9.17) is 5.11 Å². The summed E-state index contributed by atoms with van der Waals surface area (Å²) in [6.07, 6.45) is 1.42. The molecule has 0 heterocycles. The molecule has 4 aromatic carbocycles. The van der Waals surface area contributed by atoms with E-state index in [0.717, 1.165) is 28.3 Å². The van der Waals surface area contributed by atoms with Gasteiger partial charge >= 0.3 is 5.97 Å². The van der Waals surface area contributed by atoms with Crippen molar-refractivity contribution in [3.63, 3.8) is 0 Å². The smallest absolute Gasteiger partial charge is 0.335 e. The lowest BCUT2D eigenvalue weighted by molar-refractivity contribution is 0.0696. The molecule has 156 valence electrons. The summed E-state index contributed by atoms with van der Waals surface area (Å²) in [5.74, 6) is -0.940. The van der Waals surface area contributed by atoms with E-state index in [1.54, 1.807) is 48.5 Å². The zero-order chi connectivity index (χ0) is 21.8. The summed E-state index contributed by atoms with van der Waals surface area (Å²) in [6.45, 7) is 0. The zero-order valence-electron chi connectivity index (χ0n) is 16.7. The standard InChI is InChI=1S/C25H21NO4S/c27-25(28)22-7-3-4-19(16-22)9-8-18-10-13-23(14-11-18)26-31(29,30)24-15-12-20-5-1-2-6-21(20)17-24/h1-7,10-17,26H,8-9H2,(H,27,28). The van der Waals surface area contributed by atoms with Crippen LogP contribution in [0.2, 0.25) is 0 Å². The molecule has 6 heteroatoms. The van der Waals surface area contributed by atoms with Crippen LogP contribution in [0.3, 0.4) is 0 Å². The van der Waals surface area contributed by atoms with Crippen molar-refractivity contribution in [3.8, 4) is 0 Å². The highest BCUT2D eigenvalue weighted by Gasteiger charge is 2.14. The molecular formula is C25H21NO4S. The monoisotopic (exact) mass is 431 g/mol. The third kappa shape index (κ3) is 4.92. The maximum absolute atomic E-state index is 12.8. The van der Waals surface area contributed by atoms with Crippen LogP contribution >= 0.6 is 0 Å². The SMILES string of the molecule is O=C(O)c1cccc(CCc2ccc(NS(=O)(=O)c3ccc4ccccc4c3)cc2)c1. The average Bonchev–Trinajstić information content (AvgIpc) is 2.78. The molecular weight excluding hydrogens is 410 g/mol. The van der Waals surface area contributed by atoms with E-state index in [1.165, 1.54) is 0 Å². The lowest BCUT2D eigenvalue weighted by Gasteiger charge is -2.10. The van der Waals surface area contributed by atoms with E-state index in [-0.39, 0.29) is 10.5 Å². The van der Waals surface area contributed by atoms with Crippen LogP contribution in [-0.4, -0.2) is 19.5 Å². The lowest BCUT2D eigenvalue weighted by atomic mass is 10.0. The number of aryl methyl sites for hydroxylation is 2. The van der Waals surface area contributed by atoms with E-state index in [2.05, 4.69) is 4.72 Å². The first-order valence-electron chi connectivity index (χ1n) is 9.83. The second-order valence-electron chi connectivity index (χ2n) is 7.32. The lowest BCUT2D eigenvalue weighted by Crippen LogP contribution is -2.12. The summed E-state index contributed by atoms with van der Waals surface area (Å²) in [5.41, 5.74) is 2.75. The Morgan fingerprint density at radius 2 is 1.45 bits per heavy atom. The van der Waals surface area contributed by atoms with E-state index in [9.17, 15) is 13.2 Å². The van der Waals surface area contributed by atoms with Gasteiger partial charge in [-0.2, -0.15) is 0 Å². The topological polar surface area (TPSA) is 83.5 Å². The van der Waals surface area contributed by atoms with Gasteiger partial charge in [0, 0.05) is 5.69 Å². The van der Waals surface area contributed by atoms with Crippen molar-refractivity contribution in [3.05, 3.63) is 108 Å². The van der Waals surface area contributed by atoms with Gasteiger partial charge in [-0.05, 0) is 71.1 Å². The van der Waals surface area contributed by atoms with Crippen molar-refractivity contribution >= 4 is 32.5 Å². The first-order chi connectivity index (χ1) is 14.9. The Morgan fingerprint density at radius 3 is 2.19 bits per heavy atom. The van der Waals surface area contributed by atoms with Crippen LogP contribution in [0.5, 0.6) is 0 Å². The van der Waals surface area contributed by atoms with Crippen LogP contribution in [0.1, 0.15) is 21.5 Å². The Balaban J connectivity index is 1.44. The molecule has 2 N–H and O–H groups in total. The quantitative estimate of drug-likeness (QED) is 0.425. The van der Waals surface area contributed by atoms with Crippen molar-refractivity contribution in [2.24, 2.45) is 0 Å². The molecule has 0 atom stereocenters. The van der Waals surface area contributed by atoms with Crippen molar-refractivity contribution in [1.29, 1.82) is 0 Å². The van der Waals surface area contributed by atoms with Gasteiger partial charge in [0.2, 0.25) is 0 Å². The Morgan fingerprint density at radius 1 is 0.742 bits per heavy atom. The fraction of sp³-hybridized carbons (Fsp3) is 0.0800. The van der Waals surface area contributed by atoms with Crippen LogP contribution in [-0.2, 0) is 22.9 Å². The predicted octanol–water partition coefficient (Wildman–Crippen LogP) is 5.12. The van der Waals surface area contributed by atoms with Crippen molar-refractivity contribution in [2.75, 3.05) is 4.72 Å². The summed E-state index contributed by atoms with van der Waals surface area (Å²) in [4.78, 5) is 11.3. The van der Waals surface area contributed by atoms with Gasteiger partial charge in [-0.15, -0.1) is 0 Å². The van der Waals surface area contributed by atoms with Crippen molar-refractivity contribution in [2.45, 2.75) is 17.7 Å². The first-order valence-corrected chi connectivity index (χ1v) is 11.3. The maximum Gasteiger partial charge on any atom is 0.335 e. The van der Waals surface area contributed by atoms with Crippen LogP contribution in [0.15, 0.2) is 95.9 Å². The van der Waals surface area contributed by atoms with E-state index >= 15 is 0 Å². The Bertz CT molecular complexity index is 1350. The number of aromatic carboxylic acids is 1. The summed E-state index contributed by atoms with van der Waals surface area (Å²) in [6, 6.07) is 26.8. The van der Waals surface area contributed by atoms with E-state index in [0.29, 0.717) is 12.1 Å². The number of nitrogens with one attached hydrogen (secondary N) is 1. The first kappa shape index (κ1) is 20.6. The average molecular weight is 432 g/mol. The second kappa shape index (κ2) is 8.62. The van der Waals surface area contributed by atoms with Gasteiger partial charge in [0.05, 0.1) is 10.5 Å². The largest absolute Gasteiger partial charge is 0.478 e. The number of benzene rings is 4. The van der Waals surface area contributed by atoms with Crippen LogP contribution in [0.4, 0.5) is 5.69 Å². The molecule has 4 rings (SSSR count). The fourth-order valence-corrected chi connectivity index (χ4v) is 4.53. The summed E-state index contributed by atoms with van der Waals surface area (Å²) < 4.78 is 28.2. The Hall–Kier alpha value is -3.64. The Labute approximate surface area is 181 Å².